The van der Waals surface area contributed by atoms with Crippen molar-refractivity contribution in [3.63, 3.8) is 0 Å². The predicted octanol–water partition coefficient (Wildman–Crippen LogP) is 4.24. The highest BCUT2D eigenvalue weighted by atomic mass is 127. The van der Waals surface area contributed by atoms with Crippen LogP contribution in [0.15, 0.2) is 29.6 Å². The third kappa shape index (κ3) is 3.24. The maximum atomic E-state index is 11.9. The number of benzene rings is 1. The lowest BCUT2D eigenvalue weighted by Gasteiger charge is -2.05. The number of amides is 1. The Morgan fingerprint density at radius 3 is 2.83 bits per heavy atom. The molecule has 0 radical (unpaired) electrons. The van der Waals surface area contributed by atoms with Gasteiger partial charge < -0.3 is 5.32 Å². The lowest BCUT2D eigenvalue weighted by molar-refractivity contribution is 0.0951. The molecule has 0 spiro atoms. The van der Waals surface area contributed by atoms with Crippen LogP contribution in [0.25, 0.3) is 0 Å². The predicted molar refractivity (Wildman–Crippen MR) is 84.4 cm³/mol. The quantitative estimate of drug-likeness (QED) is 0.779. The average Bonchev–Trinajstić information content (AvgIpc) is 2.75. The number of aryl methyl sites for hydroxylation is 1. The largest absolute Gasteiger partial charge is 0.347 e. The molecule has 0 saturated carbocycles. The Morgan fingerprint density at radius 2 is 2.22 bits per heavy atom. The molecule has 0 unspecified atom stereocenters. The molecule has 2 nitrogen and oxygen atoms in total. The maximum absolute atomic E-state index is 11.9. The number of hydrogen-bond donors (Lipinski definition) is 1. The summed E-state index contributed by atoms with van der Waals surface area (Å²) in [5.41, 5.74) is 1.80. The highest BCUT2D eigenvalue weighted by molar-refractivity contribution is 14.1. The van der Waals surface area contributed by atoms with E-state index in [2.05, 4.69) is 27.9 Å². The third-order valence-electron chi connectivity index (χ3n) is 2.56. The molecule has 1 N–H and O–H groups in total. The molecular formula is C13H11ClINOS. The van der Waals surface area contributed by atoms with Crippen LogP contribution in [0.3, 0.4) is 0 Å². The van der Waals surface area contributed by atoms with Crippen LogP contribution in [-0.4, -0.2) is 5.91 Å². The van der Waals surface area contributed by atoms with Crippen molar-refractivity contribution in [2.24, 2.45) is 0 Å². The zero-order valence-corrected chi connectivity index (χ0v) is 13.4. The molecule has 18 heavy (non-hydrogen) atoms. The molecule has 1 aromatic heterocycles. The molecule has 0 bridgehead atoms. The molecule has 94 valence electrons. The van der Waals surface area contributed by atoms with Crippen LogP contribution in [-0.2, 0) is 6.54 Å². The summed E-state index contributed by atoms with van der Waals surface area (Å²) in [5.74, 6) is -0.0962. The van der Waals surface area contributed by atoms with Crippen LogP contribution in [0, 0.1) is 10.5 Å². The van der Waals surface area contributed by atoms with Crippen molar-refractivity contribution in [1.82, 2.24) is 5.32 Å². The van der Waals surface area contributed by atoms with Gasteiger partial charge in [-0.25, -0.2) is 0 Å². The molecule has 0 aliphatic heterocycles. The van der Waals surface area contributed by atoms with Crippen LogP contribution in [0.1, 0.15) is 20.8 Å². The van der Waals surface area contributed by atoms with Crippen molar-refractivity contribution >= 4 is 51.4 Å². The molecular weight excluding hydrogens is 381 g/mol. The summed E-state index contributed by atoms with van der Waals surface area (Å²) in [5, 5.41) is 5.53. The third-order valence-corrected chi connectivity index (χ3v) is 5.15. The number of rotatable bonds is 3. The van der Waals surface area contributed by atoms with Gasteiger partial charge in [0, 0.05) is 14.0 Å². The van der Waals surface area contributed by atoms with Crippen molar-refractivity contribution < 1.29 is 4.79 Å². The van der Waals surface area contributed by atoms with E-state index in [1.54, 1.807) is 23.5 Å². The lowest BCUT2D eigenvalue weighted by atomic mass is 10.2. The molecule has 0 atom stereocenters. The van der Waals surface area contributed by atoms with Crippen molar-refractivity contribution in [2.75, 3.05) is 0 Å². The van der Waals surface area contributed by atoms with Gasteiger partial charge in [0.25, 0.3) is 5.91 Å². The van der Waals surface area contributed by atoms with Crippen LogP contribution >= 0.6 is 45.5 Å². The van der Waals surface area contributed by atoms with Crippen LogP contribution in [0.5, 0.6) is 0 Å². The SMILES string of the molecule is Cc1ccsc1CNC(=O)c1ccc(I)c(Cl)c1. The minimum atomic E-state index is -0.0962. The first kappa shape index (κ1) is 13.8. The van der Waals surface area contributed by atoms with E-state index in [0.29, 0.717) is 17.1 Å². The first-order chi connectivity index (χ1) is 8.58. The van der Waals surface area contributed by atoms with E-state index in [1.165, 1.54) is 10.4 Å². The van der Waals surface area contributed by atoms with E-state index in [0.717, 1.165) is 3.57 Å². The Kier molecular flexibility index (Phi) is 4.64. The van der Waals surface area contributed by atoms with Crippen LogP contribution < -0.4 is 5.32 Å². The summed E-state index contributed by atoms with van der Waals surface area (Å²) in [6.45, 7) is 2.60. The molecule has 0 saturated heterocycles. The van der Waals surface area contributed by atoms with Crippen molar-refractivity contribution in [2.45, 2.75) is 13.5 Å². The van der Waals surface area contributed by atoms with E-state index in [9.17, 15) is 4.79 Å². The lowest BCUT2D eigenvalue weighted by Crippen LogP contribution is -2.22. The second-order valence-electron chi connectivity index (χ2n) is 3.84. The van der Waals surface area contributed by atoms with Crippen LogP contribution in [0.4, 0.5) is 0 Å². The first-order valence-corrected chi connectivity index (χ1v) is 7.68. The van der Waals surface area contributed by atoms with E-state index in [1.807, 2.05) is 24.4 Å². The van der Waals surface area contributed by atoms with Gasteiger partial charge in [-0.2, -0.15) is 0 Å². The number of carbonyl (C=O) groups excluding carboxylic acids is 1. The van der Waals surface area contributed by atoms with Crippen molar-refractivity contribution in [3.05, 3.63) is 54.2 Å². The van der Waals surface area contributed by atoms with Gasteiger partial charge in [-0.1, -0.05) is 11.6 Å². The zero-order chi connectivity index (χ0) is 13.1. The van der Waals surface area contributed by atoms with E-state index < -0.39 is 0 Å². The highest BCUT2D eigenvalue weighted by Gasteiger charge is 2.08. The Bertz CT molecular complexity index is 582. The van der Waals surface area contributed by atoms with Gasteiger partial charge in [0.2, 0.25) is 0 Å². The van der Waals surface area contributed by atoms with Gasteiger partial charge in [0.1, 0.15) is 0 Å². The fourth-order valence-corrected chi connectivity index (χ4v) is 2.85. The monoisotopic (exact) mass is 391 g/mol. The molecule has 5 heteroatoms. The first-order valence-electron chi connectivity index (χ1n) is 5.34. The Hall–Kier alpha value is -0.590. The maximum Gasteiger partial charge on any atom is 0.251 e. The molecule has 2 rings (SSSR count). The number of thiophene rings is 1. The summed E-state index contributed by atoms with van der Waals surface area (Å²) in [7, 11) is 0. The number of carbonyl (C=O) groups is 1. The summed E-state index contributed by atoms with van der Waals surface area (Å²) in [6, 6.07) is 7.37. The standard InChI is InChI=1S/C13H11ClINOS/c1-8-4-5-18-12(8)7-16-13(17)9-2-3-11(15)10(14)6-9/h2-6H,7H2,1H3,(H,16,17). The van der Waals surface area contributed by atoms with Gasteiger partial charge in [-0.05, 0) is 64.7 Å². The number of nitrogens with one attached hydrogen (secondary N) is 1. The van der Waals surface area contributed by atoms with Gasteiger partial charge in [-0.3, -0.25) is 4.79 Å². The molecule has 2 aromatic rings. The molecule has 1 amide bonds. The highest BCUT2D eigenvalue weighted by Crippen LogP contribution is 2.20. The average molecular weight is 392 g/mol. The normalized spacial score (nSPS) is 10.4. The molecule has 0 fully saturated rings. The fraction of sp³-hybridized carbons (Fsp3) is 0.154. The van der Waals surface area contributed by atoms with Gasteiger partial charge >= 0.3 is 0 Å². The van der Waals surface area contributed by atoms with E-state index in [-0.39, 0.29) is 5.91 Å². The summed E-state index contributed by atoms with van der Waals surface area (Å²) >= 11 is 9.78. The van der Waals surface area contributed by atoms with Gasteiger partial charge in [0.15, 0.2) is 0 Å². The fourth-order valence-electron chi connectivity index (χ4n) is 1.49. The molecule has 1 heterocycles. The second kappa shape index (κ2) is 6.04. The number of hydrogen-bond acceptors (Lipinski definition) is 2. The van der Waals surface area contributed by atoms with Gasteiger partial charge in [-0.15, -0.1) is 11.3 Å². The zero-order valence-electron chi connectivity index (χ0n) is 9.67. The molecule has 0 aliphatic rings. The minimum absolute atomic E-state index is 0.0962. The molecule has 0 aliphatic carbocycles. The topological polar surface area (TPSA) is 29.1 Å². The summed E-state index contributed by atoms with van der Waals surface area (Å²) in [4.78, 5) is 13.1. The second-order valence-corrected chi connectivity index (χ2v) is 6.41. The molecule has 1 aromatic carbocycles. The Balaban J connectivity index is 2.04. The Morgan fingerprint density at radius 1 is 1.44 bits per heavy atom. The van der Waals surface area contributed by atoms with E-state index in [4.69, 9.17) is 11.6 Å². The van der Waals surface area contributed by atoms with Crippen molar-refractivity contribution in [1.29, 1.82) is 0 Å². The minimum Gasteiger partial charge on any atom is -0.347 e. The summed E-state index contributed by atoms with van der Waals surface area (Å²) < 4.78 is 0.944. The smallest absolute Gasteiger partial charge is 0.251 e. The van der Waals surface area contributed by atoms with Gasteiger partial charge in [0.05, 0.1) is 11.6 Å². The van der Waals surface area contributed by atoms with Crippen molar-refractivity contribution in [3.8, 4) is 0 Å². The summed E-state index contributed by atoms with van der Waals surface area (Å²) in [6.07, 6.45) is 0. The number of halogens is 2. The van der Waals surface area contributed by atoms with Crippen LogP contribution in [0.2, 0.25) is 5.02 Å². The van der Waals surface area contributed by atoms with E-state index >= 15 is 0 Å². The Labute approximate surface area is 129 Å².